The summed E-state index contributed by atoms with van der Waals surface area (Å²) in [5.74, 6) is -1.39. The van der Waals surface area contributed by atoms with Gasteiger partial charge in [0.2, 0.25) is 0 Å². The number of nitrogens with zero attached hydrogens (tertiary/aromatic N) is 1. The van der Waals surface area contributed by atoms with E-state index in [0.717, 1.165) is 0 Å². The summed E-state index contributed by atoms with van der Waals surface area (Å²) in [5.41, 5.74) is 4.35. The smallest absolute Gasteiger partial charge is 0.365 e. The molecular weight excluding hydrogens is 272 g/mol. The van der Waals surface area contributed by atoms with E-state index >= 15 is 0 Å². The predicted molar refractivity (Wildman–Crippen MR) is 72.3 cm³/mol. The van der Waals surface area contributed by atoms with E-state index in [-0.39, 0.29) is 17.3 Å². The molecule has 4 N–H and O–H groups in total. The maximum Gasteiger partial charge on any atom is 0.365 e. The monoisotopic (exact) mass is 297 g/mol. The van der Waals surface area contributed by atoms with Gasteiger partial charge in [-0.3, -0.25) is 4.55 Å². The number of hydrogen-bond donors (Lipinski definition) is 3. The van der Waals surface area contributed by atoms with E-state index < -0.39 is 27.4 Å². The lowest BCUT2D eigenvalue weighted by molar-refractivity contribution is -0.915. The zero-order chi connectivity index (χ0) is 15.3. The van der Waals surface area contributed by atoms with E-state index in [0.29, 0.717) is 19.4 Å². The molecule has 1 atom stereocenters. The van der Waals surface area contributed by atoms with Crippen LogP contribution < -0.4 is 5.73 Å². The van der Waals surface area contributed by atoms with Crippen molar-refractivity contribution in [3.05, 3.63) is 0 Å². The van der Waals surface area contributed by atoms with Crippen LogP contribution in [0.2, 0.25) is 0 Å². The van der Waals surface area contributed by atoms with E-state index in [2.05, 4.69) is 0 Å². The van der Waals surface area contributed by atoms with Gasteiger partial charge in [0, 0.05) is 12.8 Å². The Morgan fingerprint density at radius 1 is 1.21 bits per heavy atom. The second-order valence-corrected chi connectivity index (χ2v) is 7.20. The lowest BCUT2D eigenvalue weighted by Crippen LogP contribution is -2.62. The van der Waals surface area contributed by atoms with Crippen LogP contribution in [0.25, 0.3) is 0 Å². The summed E-state index contributed by atoms with van der Waals surface area (Å²) >= 11 is 0. The van der Waals surface area contributed by atoms with E-state index in [9.17, 15) is 18.3 Å². The third-order valence-corrected chi connectivity index (χ3v) is 4.27. The minimum absolute atomic E-state index is 0.102. The van der Waals surface area contributed by atoms with Gasteiger partial charge in [0.15, 0.2) is 5.54 Å². The Kier molecular flexibility index (Phi) is 6.40. The maximum atomic E-state index is 11.7. The van der Waals surface area contributed by atoms with Crippen LogP contribution in [0.15, 0.2) is 0 Å². The predicted octanol–water partition coefficient (Wildman–Crippen LogP) is -0.0771. The van der Waals surface area contributed by atoms with E-state index in [1.54, 1.807) is 21.1 Å². The van der Waals surface area contributed by atoms with Crippen LogP contribution in [0.1, 0.15) is 25.7 Å². The minimum atomic E-state index is -4.06. The summed E-state index contributed by atoms with van der Waals surface area (Å²) in [6.07, 6.45) is 1.19. The highest BCUT2D eigenvalue weighted by Crippen LogP contribution is 2.30. The number of carboxylic acid groups (broad SMARTS) is 1. The van der Waals surface area contributed by atoms with E-state index in [1.807, 2.05) is 0 Å². The molecule has 7 nitrogen and oxygen atoms in total. The van der Waals surface area contributed by atoms with Gasteiger partial charge in [-0.25, -0.2) is 4.79 Å². The standard InChI is InChI=1S/C11H24N2O5S/c1-13(2,3)11(10(14)15,6-4-8-12)7-5-9-19(16,17)18/h4-9,12H2,1-3H3,(H-,14,15,16,17,18)/p+1. The van der Waals surface area contributed by atoms with Crippen molar-refractivity contribution in [3.8, 4) is 0 Å². The molecule has 0 bridgehead atoms. The van der Waals surface area contributed by atoms with Gasteiger partial charge >= 0.3 is 5.97 Å². The molecule has 0 aliphatic carbocycles. The topological polar surface area (TPSA) is 118 Å². The van der Waals surface area contributed by atoms with Crippen molar-refractivity contribution in [3.63, 3.8) is 0 Å². The summed E-state index contributed by atoms with van der Waals surface area (Å²) in [6.45, 7) is 0.382. The lowest BCUT2D eigenvalue weighted by Gasteiger charge is -2.43. The highest BCUT2D eigenvalue weighted by atomic mass is 32.2. The van der Waals surface area contributed by atoms with Crippen LogP contribution in [-0.4, -0.2) is 67.5 Å². The molecule has 0 saturated heterocycles. The Morgan fingerprint density at radius 2 is 1.68 bits per heavy atom. The second kappa shape index (κ2) is 6.65. The van der Waals surface area contributed by atoms with Crippen molar-refractivity contribution < 1.29 is 27.4 Å². The molecule has 0 spiro atoms. The molecular formula is C11H25N2O5S+. The first-order chi connectivity index (χ1) is 8.46. The molecule has 0 heterocycles. The summed E-state index contributed by atoms with van der Waals surface area (Å²) < 4.78 is 30.4. The van der Waals surface area contributed by atoms with Crippen molar-refractivity contribution in [2.24, 2.45) is 5.73 Å². The third-order valence-electron chi connectivity index (χ3n) is 3.47. The van der Waals surface area contributed by atoms with Crippen LogP contribution in [0.3, 0.4) is 0 Å². The summed E-state index contributed by atoms with van der Waals surface area (Å²) in [7, 11) is 1.22. The Labute approximate surface area is 114 Å². The molecule has 0 aromatic heterocycles. The summed E-state index contributed by atoms with van der Waals surface area (Å²) in [5, 5.41) is 9.55. The molecule has 0 fully saturated rings. The van der Waals surface area contributed by atoms with Crippen molar-refractivity contribution >= 4 is 16.1 Å². The first-order valence-electron chi connectivity index (χ1n) is 6.16. The highest BCUT2D eigenvalue weighted by molar-refractivity contribution is 7.85. The number of carbonyl (C=O) groups is 1. The van der Waals surface area contributed by atoms with E-state index in [1.165, 1.54) is 0 Å². The SMILES string of the molecule is C[N+](C)(C)C(CCCN)(CCCS(=O)(=O)O)C(=O)O. The minimum Gasteiger partial charge on any atom is -0.477 e. The molecule has 0 amide bonds. The Hall–Kier alpha value is -0.700. The van der Waals surface area contributed by atoms with Crippen LogP contribution in [-0.2, 0) is 14.9 Å². The highest BCUT2D eigenvalue weighted by Gasteiger charge is 2.49. The largest absolute Gasteiger partial charge is 0.477 e. The van der Waals surface area contributed by atoms with Gasteiger partial charge in [-0.05, 0) is 19.4 Å². The van der Waals surface area contributed by atoms with Crippen molar-refractivity contribution in [2.45, 2.75) is 31.2 Å². The van der Waals surface area contributed by atoms with Crippen molar-refractivity contribution in [1.82, 2.24) is 0 Å². The number of rotatable bonds is 9. The Morgan fingerprint density at radius 3 is 2.00 bits per heavy atom. The molecule has 0 aliphatic heterocycles. The fraction of sp³-hybridized carbons (Fsp3) is 0.909. The van der Waals surface area contributed by atoms with Crippen LogP contribution in [0.4, 0.5) is 0 Å². The van der Waals surface area contributed by atoms with Crippen LogP contribution in [0, 0.1) is 0 Å². The van der Waals surface area contributed by atoms with Crippen molar-refractivity contribution in [2.75, 3.05) is 33.4 Å². The van der Waals surface area contributed by atoms with Crippen LogP contribution in [0.5, 0.6) is 0 Å². The average molecular weight is 297 g/mol. The fourth-order valence-electron chi connectivity index (χ4n) is 2.24. The van der Waals surface area contributed by atoms with Crippen LogP contribution >= 0.6 is 0 Å². The molecule has 0 saturated carbocycles. The number of hydrogen-bond acceptors (Lipinski definition) is 4. The number of carboxylic acids is 1. The van der Waals surface area contributed by atoms with Crippen molar-refractivity contribution in [1.29, 1.82) is 0 Å². The Bertz CT molecular complexity index is 402. The van der Waals surface area contributed by atoms with Gasteiger partial charge in [0.1, 0.15) is 0 Å². The lowest BCUT2D eigenvalue weighted by atomic mass is 9.85. The molecule has 0 rings (SSSR count). The summed E-state index contributed by atoms with van der Waals surface area (Å²) in [4.78, 5) is 11.7. The van der Waals surface area contributed by atoms with Gasteiger partial charge < -0.3 is 15.3 Å². The normalized spacial score (nSPS) is 16.1. The number of likely N-dealkylation sites (N-methyl/N-ethyl adjacent to an activating group) is 1. The van der Waals surface area contributed by atoms with Gasteiger partial charge in [0.05, 0.1) is 26.9 Å². The van der Waals surface area contributed by atoms with Gasteiger partial charge in [-0.1, -0.05) is 0 Å². The number of nitrogens with two attached hydrogens (primary N) is 1. The average Bonchev–Trinajstić information content (AvgIpc) is 2.19. The molecule has 114 valence electrons. The van der Waals surface area contributed by atoms with Gasteiger partial charge in [0.25, 0.3) is 10.1 Å². The first kappa shape index (κ1) is 18.3. The zero-order valence-corrected chi connectivity index (χ0v) is 12.6. The molecule has 8 heteroatoms. The molecule has 0 radical (unpaired) electrons. The summed E-state index contributed by atoms with van der Waals surface area (Å²) in [6, 6.07) is 0. The number of aliphatic carboxylic acids is 1. The molecule has 19 heavy (non-hydrogen) atoms. The molecule has 0 aromatic carbocycles. The molecule has 0 aromatic rings. The number of quaternary nitrogens is 1. The zero-order valence-electron chi connectivity index (χ0n) is 11.8. The Balaban J connectivity index is 5.07. The van der Waals surface area contributed by atoms with Gasteiger partial charge in [-0.2, -0.15) is 8.42 Å². The molecule has 1 unspecified atom stereocenters. The quantitative estimate of drug-likeness (QED) is 0.405. The second-order valence-electron chi connectivity index (χ2n) is 5.63. The fourth-order valence-corrected chi connectivity index (χ4v) is 2.75. The first-order valence-corrected chi connectivity index (χ1v) is 7.77. The molecule has 0 aliphatic rings. The third kappa shape index (κ3) is 5.43. The van der Waals surface area contributed by atoms with Gasteiger partial charge in [-0.15, -0.1) is 0 Å². The maximum absolute atomic E-state index is 11.7. The van der Waals surface area contributed by atoms with E-state index in [4.69, 9.17) is 10.3 Å².